The zero-order valence-electron chi connectivity index (χ0n) is 8.61. The molecule has 6 heteroatoms. The van der Waals surface area contributed by atoms with Gasteiger partial charge in [0.15, 0.2) is 23.1 Å². The fourth-order valence-electron chi connectivity index (χ4n) is 1.37. The second-order valence-electron chi connectivity index (χ2n) is 3.26. The van der Waals surface area contributed by atoms with Crippen LogP contribution in [0.3, 0.4) is 0 Å². The van der Waals surface area contributed by atoms with Gasteiger partial charge in [0.1, 0.15) is 16.9 Å². The highest BCUT2D eigenvalue weighted by molar-refractivity contribution is 6.08. The molecule has 86 valence electrons. The molecule has 0 aliphatic carbocycles. The highest BCUT2D eigenvalue weighted by Crippen LogP contribution is 2.46. The van der Waals surface area contributed by atoms with Crippen LogP contribution in [0.1, 0.15) is 34.6 Å². The van der Waals surface area contributed by atoms with E-state index in [1.807, 2.05) is 0 Å². The molecule has 0 atom stereocenters. The molecule has 1 rings (SSSR count). The molecule has 0 saturated heterocycles. The maximum Gasteiger partial charge on any atom is 0.202 e. The van der Waals surface area contributed by atoms with Crippen LogP contribution >= 0.6 is 0 Å². The number of hydrogen-bond donors (Lipinski definition) is 4. The lowest BCUT2D eigenvalue weighted by atomic mass is 10.00. The van der Waals surface area contributed by atoms with Crippen LogP contribution in [0.2, 0.25) is 0 Å². The maximum atomic E-state index is 11.1. The zero-order chi connectivity index (χ0) is 12.6. The van der Waals surface area contributed by atoms with E-state index in [1.165, 1.54) is 0 Å². The number of rotatable bonds is 2. The minimum absolute atomic E-state index is 0.597. The Morgan fingerprint density at radius 1 is 0.688 bits per heavy atom. The first-order chi connectivity index (χ1) is 7.29. The third-order valence-corrected chi connectivity index (χ3v) is 2.10. The van der Waals surface area contributed by atoms with Crippen molar-refractivity contribution in [3.05, 3.63) is 11.1 Å². The van der Waals surface area contributed by atoms with Gasteiger partial charge in [-0.05, 0) is 13.8 Å². The summed E-state index contributed by atoms with van der Waals surface area (Å²) < 4.78 is 0. The van der Waals surface area contributed by atoms with Crippen molar-refractivity contribution in [2.45, 2.75) is 13.8 Å². The lowest BCUT2D eigenvalue weighted by Crippen LogP contribution is -2.01. The number of phenols is 4. The summed E-state index contributed by atoms with van der Waals surface area (Å²) in [6, 6.07) is 0. The van der Waals surface area contributed by atoms with E-state index in [2.05, 4.69) is 0 Å². The van der Waals surface area contributed by atoms with E-state index in [1.54, 1.807) is 0 Å². The van der Waals surface area contributed by atoms with Gasteiger partial charge in [0.25, 0.3) is 0 Å². The second kappa shape index (κ2) is 3.73. The molecule has 6 nitrogen and oxygen atoms in total. The van der Waals surface area contributed by atoms with Gasteiger partial charge < -0.3 is 20.4 Å². The fourth-order valence-corrected chi connectivity index (χ4v) is 1.37. The Bertz CT molecular complexity index is 448. The van der Waals surface area contributed by atoms with Crippen molar-refractivity contribution in [1.82, 2.24) is 0 Å². The first-order valence-corrected chi connectivity index (χ1v) is 4.30. The summed E-state index contributed by atoms with van der Waals surface area (Å²) in [5, 5.41) is 37.5. The van der Waals surface area contributed by atoms with Gasteiger partial charge in [0, 0.05) is 0 Å². The van der Waals surface area contributed by atoms with Crippen LogP contribution in [0.25, 0.3) is 0 Å². The topological polar surface area (TPSA) is 115 Å². The molecule has 0 fully saturated rings. The van der Waals surface area contributed by atoms with Crippen LogP contribution < -0.4 is 0 Å². The molecule has 0 amide bonds. The molecule has 1 aromatic carbocycles. The Morgan fingerprint density at radius 2 is 1.00 bits per heavy atom. The van der Waals surface area contributed by atoms with Crippen molar-refractivity contribution in [3.63, 3.8) is 0 Å². The van der Waals surface area contributed by atoms with E-state index in [4.69, 9.17) is 0 Å². The van der Waals surface area contributed by atoms with Gasteiger partial charge in [0.05, 0.1) is 0 Å². The number of carbonyl (C=O) groups excluding carboxylic acids is 2. The monoisotopic (exact) mass is 226 g/mol. The Hall–Kier alpha value is -2.24. The van der Waals surface area contributed by atoms with Crippen molar-refractivity contribution < 1.29 is 30.0 Å². The number of aromatic hydroxyl groups is 4. The molecular formula is C10H10O6. The standard InChI is InChI=1S/C10H10O6/c1-3(11)5-7(13)6(4(2)12)9(15)10(16)8(5)14/h13-16H,1-2H3. The lowest BCUT2D eigenvalue weighted by Gasteiger charge is -2.11. The Labute approximate surface area is 90.4 Å². The van der Waals surface area contributed by atoms with Gasteiger partial charge in [0.2, 0.25) is 5.75 Å². The highest BCUT2D eigenvalue weighted by atomic mass is 16.3. The molecule has 0 saturated carbocycles. The minimum atomic E-state index is -1.01. The summed E-state index contributed by atoms with van der Waals surface area (Å²) in [6.45, 7) is 2.07. The van der Waals surface area contributed by atoms with Gasteiger partial charge in [-0.25, -0.2) is 0 Å². The van der Waals surface area contributed by atoms with Crippen molar-refractivity contribution >= 4 is 11.6 Å². The predicted octanol–water partition coefficient (Wildman–Crippen LogP) is 0.914. The molecule has 1 aromatic rings. The quantitative estimate of drug-likeness (QED) is 0.338. The van der Waals surface area contributed by atoms with Gasteiger partial charge in [-0.3, -0.25) is 9.59 Å². The number of phenolic OH excluding ortho intramolecular Hbond substituents is 4. The van der Waals surface area contributed by atoms with Crippen LogP contribution in [0.4, 0.5) is 0 Å². The summed E-state index contributed by atoms with van der Waals surface area (Å²) >= 11 is 0. The fraction of sp³-hybridized carbons (Fsp3) is 0.200. The first kappa shape index (κ1) is 11.8. The average Bonchev–Trinajstić information content (AvgIpc) is 2.13. The van der Waals surface area contributed by atoms with Crippen molar-refractivity contribution in [2.24, 2.45) is 0 Å². The van der Waals surface area contributed by atoms with E-state index < -0.39 is 45.7 Å². The lowest BCUT2D eigenvalue weighted by molar-refractivity contribution is 0.100. The zero-order valence-corrected chi connectivity index (χ0v) is 8.61. The second-order valence-corrected chi connectivity index (χ2v) is 3.26. The molecule has 0 spiro atoms. The van der Waals surface area contributed by atoms with E-state index in [-0.39, 0.29) is 0 Å². The number of hydrogen-bond acceptors (Lipinski definition) is 6. The molecule has 0 unspecified atom stereocenters. The van der Waals surface area contributed by atoms with Gasteiger partial charge in [-0.1, -0.05) is 0 Å². The van der Waals surface area contributed by atoms with Gasteiger partial charge in [-0.2, -0.15) is 0 Å². The van der Waals surface area contributed by atoms with E-state index >= 15 is 0 Å². The Morgan fingerprint density at radius 3 is 1.25 bits per heavy atom. The van der Waals surface area contributed by atoms with Gasteiger partial charge in [-0.15, -0.1) is 0 Å². The van der Waals surface area contributed by atoms with Crippen molar-refractivity contribution in [1.29, 1.82) is 0 Å². The Balaban J connectivity index is 3.80. The summed E-state index contributed by atoms with van der Waals surface area (Å²) in [5.74, 6) is -5.23. The smallest absolute Gasteiger partial charge is 0.202 e. The number of carbonyl (C=O) groups is 2. The molecule has 4 N–H and O–H groups in total. The summed E-state index contributed by atoms with van der Waals surface area (Å²) in [7, 11) is 0. The summed E-state index contributed by atoms with van der Waals surface area (Å²) in [4.78, 5) is 22.2. The maximum absolute atomic E-state index is 11.1. The predicted molar refractivity (Wildman–Crippen MR) is 53.1 cm³/mol. The van der Waals surface area contributed by atoms with Crippen LogP contribution in [-0.2, 0) is 0 Å². The molecule has 0 radical (unpaired) electrons. The molecule has 0 bridgehead atoms. The molecule has 0 aliphatic heterocycles. The number of Topliss-reactive ketones (excluding diaryl/α,β-unsaturated/α-hetero) is 2. The minimum Gasteiger partial charge on any atom is -0.506 e. The van der Waals surface area contributed by atoms with Crippen LogP contribution in [0.15, 0.2) is 0 Å². The Kier molecular flexibility index (Phi) is 2.76. The van der Waals surface area contributed by atoms with E-state index in [0.29, 0.717) is 0 Å². The highest BCUT2D eigenvalue weighted by Gasteiger charge is 2.27. The summed E-state index contributed by atoms with van der Waals surface area (Å²) in [5.41, 5.74) is -1.19. The third kappa shape index (κ3) is 1.54. The van der Waals surface area contributed by atoms with Crippen molar-refractivity contribution in [2.75, 3.05) is 0 Å². The number of ketones is 2. The largest absolute Gasteiger partial charge is 0.506 e. The molecule has 16 heavy (non-hydrogen) atoms. The van der Waals surface area contributed by atoms with Crippen LogP contribution in [0, 0.1) is 0 Å². The summed E-state index contributed by atoms with van der Waals surface area (Å²) in [6.07, 6.45) is 0. The van der Waals surface area contributed by atoms with Gasteiger partial charge >= 0.3 is 0 Å². The van der Waals surface area contributed by atoms with E-state index in [0.717, 1.165) is 13.8 Å². The van der Waals surface area contributed by atoms with Crippen LogP contribution in [0.5, 0.6) is 23.0 Å². The van der Waals surface area contributed by atoms with E-state index in [9.17, 15) is 30.0 Å². The first-order valence-electron chi connectivity index (χ1n) is 4.30. The van der Waals surface area contributed by atoms with Crippen LogP contribution in [-0.4, -0.2) is 32.0 Å². The number of benzene rings is 1. The SMILES string of the molecule is CC(=O)c1c(O)c(O)c(O)c(C(C)=O)c1O. The van der Waals surface area contributed by atoms with Crippen molar-refractivity contribution in [3.8, 4) is 23.0 Å². The molecule has 0 aliphatic rings. The average molecular weight is 226 g/mol. The molecule has 0 aromatic heterocycles. The molecular weight excluding hydrogens is 216 g/mol. The third-order valence-electron chi connectivity index (χ3n) is 2.10. The normalized spacial score (nSPS) is 10.1. The molecule has 0 heterocycles.